The summed E-state index contributed by atoms with van der Waals surface area (Å²) in [6, 6.07) is 3.97. The fourth-order valence-corrected chi connectivity index (χ4v) is 1.69. The minimum atomic E-state index is 0.857. The van der Waals surface area contributed by atoms with Crippen LogP contribution in [0.3, 0.4) is 0 Å². The van der Waals surface area contributed by atoms with E-state index in [1.54, 1.807) is 14.2 Å². The van der Waals surface area contributed by atoms with Crippen LogP contribution in [0.1, 0.15) is 17.5 Å². The van der Waals surface area contributed by atoms with E-state index in [4.69, 9.17) is 9.47 Å². The normalized spacial score (nSPS) is 13.6. The van der Waals surface area contributed by atoms with Crippen LogP contribution in [0, 0.1) is 6.08 Å². The molecule has 1 aromatic carbocycles. The fourth-order valence-electron chi connectivity index (χ4n) is 1.69. The molecule has 0 saturated heterocycles. The molecule has 0 saturated carbocycles. The van der Waals surface area contributed by atoms with E-state index in [-0.39, 0.29) is 0 Å². The summed E-state index contributed by atoms with van der Waals surface area (Å²) in [5.74, 6) is 1.72. The summed E-state index contributed by atoms with van der Waals surface area (Å²) in [6.07, 6.45) is 7.19. The van der Waals surface area contributed by atoms with Gasteiger partial charge in [-0.05, 0) is 36.6 Å². The molecule has 0 amide bonds. The molecule has 2 rings (SSSR count). The monoisotopic (exact) mass is 189 g/mol. The Bertz CT molecular complexity index is 367. The van der Waals surface area contributed by atoms with Crippen LogP contribution < -0.4 is 9.47 Å². The van der Waals surface area contributed by atoms with Crippen molar-refractivity contribution in [2.45, 2.75) is 12.8 Å². The maximum atomic E-state index is 5.30. The third kappa shape index (κ3) is 1.48. The Balaban J connectivity index is 2.54. The summed E-state index contributed by atoms with van der Waals surface area (Å²) >= 11 is 0. The molecular formula is C12H13O2. The lowest BCUT2D eigenvalue weighted by molar-refractivity contribution is 0.392. The van der Waals surface area contributed by atoms with Gasteiger partial charge in [0.2, 0.25) is 0 Å². The van der Waals surface area contributed by atoms with Crippen molar-refractivity contribution >= 4 is 6.08 Å². The van der Waals surface area contributed by atoms with Gasteiger partial charge in [-0.3, -0.25) is 0 Å². The Hall–Kier alpha value is -1.44. The topological polar surface area (TPSA) is 18.5 Å². The first-order chi connectivity index (χ1) is 6.85. The van der Waals surface area contributed by atoms with Gasteiger partial charge in [-0.25, -0.2) is 0 Å². The molecule has 73 valence electrons. The number of methoxy groups -OCH3 is 2. The van der Waals surface area contributed by atoms with Crippen LogP contribution in [-0.2, 0) is 6.42 Å². The molecule has 1 aliphatic rings. The number of ether oxygens (including phenoxy) is 2. The predicted molar refractivity (Wildman–Crippen MR) is 55.6 cm³/mol. The minimum Gasteiger partial charge on any atom is -0.497 e. The molecule has 0 aromatic heterocycles. The van der Waals surface area contributed by atoms with Crippen LogP contribution in [0.4, 0.5) is 0 Å². The van der Waals surface area contributed by atoms with Crippen molar-refractivity contribution in [3.63, 3.8) is 0 Å². The van der Waals surface area contributed by atoms with Gasteiger partial charge in [-0.2, -0.15) is 0 Å². The second-order valence-electron chi connectivity index (χ2n) is 3.25. The van der Waals surface area contributed by atoms with E-state index in [2.05, 4.69) is 12.1 Å². The van der Waals surface area contributed by atoms with Crippen molar-refractivity contribution in [3.05, 3.63) is 29.3 Å². The van der Waals surface area contributed by atoms with Crippen molar-refractivity contribution < 1.29 is 9.47 Å². The van der Waals surface area contributed by atoms with Gasteiger partial charge in [0.25, 0.3) is 0 Å². The highest BCUT2D eigenvalue weighted by Gasteiger charge is 2.12. The van der Waals surface area contributed by atoms with Crippen LogP contribution in [0.15, 0.2) is 12.1 Å². The molecule has 0 unspecified atom stereocenters. The van der Waals surface area contributed by atoms with Gasteiger partial charge in [-0.15, -0.1) is 0 Å². The van der Waals surface area contributed by atoms with Gasteiger partial charge in [0, 0.05) is 11.6 Å². The molecule has 0 heterocycles. The van der Waals surface area contributed by atoms with Gasteiger partial charge in [0.15, 0.2) is 0 Å². The van der Waals surface area contributed by atoms with Crippen molar-refractivity contribution in [2.75, 3.05) is 14.2 Å². The molecule has 1 aliphatic carbocycles. The maximum absolute atomic E-state index is 5.30. The van der Waals surface area contributed by atoms with E-state index >= 15 is 0 Å². The van der Waals surface area contributed by atoms with Gasteiger partial charge in [-0.1, -0.05) is 0 Å². The van der Waals surface area contributed by atoms with Gasteiger partial charge >= 0.3 is 0 Å². The average Bonchev–Trinajstić information content (AvgIpc) is 2.27. The molecule has 0 N–H and O–H groups in total. The third-order valence-corrected chi connectivity index (χ3v) is 2.44. The Kier molecular flexibility index (Phi) is 2.44. The molecule has 1 aromatic rings. The van der Waals surface area contributed by atoms with Crippen LogP contribution in [-0.4, -0.2) is 14.2 Å². The summed E-state index contributed by atoms with van der Waals surface area (Å²) in [5, 5.41) is 0. The van der Waals surface area contributed by atoms with Gasteiger partial charge in [0.05, 0.1) is 14.2 Å². The summed E-state index contributed by atoms with van der Waals surface area (Å²) in [6.45, 7) is 0. The predicted octanol–water partition coefficient (Wildman–Crippen LogP) is 2.47. The van der Waals surface area contributed by atoms with Gasteiger partial charge in [0.1, 0.15) is 11.5 Å². The average molecular weight is 189 g/mol. The SMILES string of the molecule is COc1cc2c(c(OC)c1)C=[C]CC2. The first kappa shape index (κ1) is 9.13. The lowest BCUT2D eigenvalue weighted by Gasteiger charge is -2.15. The smallest absolute Gasteiger partial charge is 0.130 e. The molecule has 0 bridgehead atoms. The maximum Gasteiger partial charge on any atom is 0.130 e. The molecule has 2 heteroatoms. The Labute approximate surface area is 84.2 Å². The molecule has 0 aliphatic heterocycles. The van der Waals surface area contributed by atoms with Crippen LogP contribution in [0.25, 0.3) is 6.08 Å². The number of allylic oxidation sites excluding steroid dienone is 1. The van der Waals surface area contributed by atoms with Crippen LogP contribution in [0.5, 0.6) is 11.5 Å². The zero-order valence-corrected chi connectivity index (χ0v) is 8.46. The summed E-state index contributed by atoms with van der Waals surface area (Å²) in [4.78, 5) is 0. The molecule has 0 spiro atoms. The van der Waals surface area contributed by atoms with E-state index in [0.717, 1.165) is 29.9 Å². The van der Waals surface area contributed by atoms with Crippen molar-refractivity contribution in [1.29, 1.82) is 0 Å². The molecule has 1 radical (unpaired) electrons. The third-order valence-electron chi connectivity index (χ3n) is 2.44. The summed E-state index contributed by atoms with van der Waals surface area (Å²) in [7, 11) is 3.35. The molecule has 2 nitrogen and oxygen atoms in total. The minimum absolute atomic E-state index is 0.857. The zero-order valence-electron chi connectivity index (χ0n) is 8.46. The Morgan fingerprint density at radius 2 is 2.07 bits per heavy atom. The number of fused-ring (bicyclic) bond motifs is 1. The van der Waals surface area contributed by atoms with E-state index in [9.17, 15) is 0 Å². The Morgan fingerprint density at radius 1 is 1.21 bits per heavy atom. The number of rotatable bonds is 2. The fraction of sp³-hybridized carbons (Fsp3) is 0.333. The second-order valence-corrected chi connectivity index (χ2v) is 3.25. The lowest BCUT2D eigenvalue weighted by atomic mass is 9.96. The standard InChI is InChI=1S/C12H13O2/c1-13-10-7-9-5-3-4-6-11(9)12(8-10)14-2/h6-8H,3,5H2,1-2H3. The van der Waals surface area contributed by atoms with Crippen LogP contribution in [0.2, 0.25) is 0 Å². The van der Waals surface area contributed by atoms with Crippen molar-refractivity contribution in [2.24, 2.45) is 0 Å². The van der Waals surface area contributed by atoms with E-state index in [0.29, 0.717) is 0 Å². The van der Waals surface area contributed by atoms with Crippen molar-refractivity contribution in [3.8, 4) is 11.5 Å². The quantitative estimate of drug-likeness (QED) is 0.711. The second kappa shape index (κ2) is 3.74. The van der Waals surface area contributed by atoms with E-state index in [1.807, 2.05) is 12.1 Å². The number of aryl methyl sites for hydroxylation is 1. The highest BCUT2D eigenvalue weighted by Crippen LogP contribution is 2.32. The molecule has 0 fully saturated rings. The number of benzene rings is 1. The molecule has 0 atom stereocenters. The zero-order chi connectivity index (χ0) is 9.97. The van der Waals surface area contributed by atoms with E-state index in [1.165, 1.54) is 5.56 Å². The van der Waals surface area contributed by atoms with Gasteiger partial charge < -0.3 is 9.47 Å². The lowest BCUT2D eigenvalue weighted by Crippen LogP contribution is -1.99. The van der Waals surface area contributed by atoms with E-state index < -0.39 is 0 Å². The number of hydrogen-bond acceptors (Lipinski definition) is 2. The number of hydrogen-bond donors (Lipinski definition) is 0. The molecular weight excluding hydrogens is 176 g/mol. The summed E-state index contributed by atoms with van der Waals surface area (Å²) in [5.41, 5.74) is 2.42. The first-order valence-corrected chi connectivity index (χ1v) is 4.66. The Morgan fingerprint density at radius 3 is 2.79 bits per heavy atom. The largest absolute Gasteiger partial charge is 0.497 e. The summed E-state index contributed by atoms with van der Waals surface area (Å²) < 4.78 is 10.5. The first-order valence-electron chi connectivity index (χ1n) is 4.66. The van der Waals surface area contributed by atoms with Crippen molar-refractivity contribution in [1.82, 2.24) is 0 Å². The molecule has 14 heavy (non-hydrogen) atoms. The van der Waals surface area contributed by atoms with Crippen LogP contribution >= 0.6 is 0 Å². The highest BCUT2D eigenvalue weighted by molar-refractivity contribution is 5.64. The highest BCUT2D eigenvalue weighted by atomic mass is 16.5.